The van der Waals surface area contributed by atoms with E-state index in [-0.39, 0.29) is 5.82 Å². The number of halogens is 1. The Morgan fingerprint density at radius 3 is 2.60 bits per heavy atom. The maximum absolute atomic E-state index is 13.7. The van der Waals surface area contributed by atoms with Gasteiger partial charge in [0.15, 0.2) is 5.82 Å². The largest absolute Gasteiger partial charge is 0.331 e. The van der Waals surface area contributed by atoms with Crippen LogP contribution >= 0.6 is 0 Å². The molecule has 0 spiro atoms. The molecule has 0 aliphatic rings. The minimum Gasteiger partial charge on any atom is -0.331 e. The highest BCUT2D eigenvalue weighted by Gasteiger charge is 2.11. The zero-order valence-corrected chi connectivity index (χ0v) is 9.50. The molecule has 3 heteroatoms. The summed E-state index contributed by atoms with van der Waals surface area (Å²) in [7, 11) is 1.91. The molecule has 0 unspecified atom stereocenters. The first-order valence-electron chi connectivity index (χ1n) is 5.13. The number of hydrogen-bond acceptors (Lipinski definition) is 1. The molecule has 2 nitrogen and oxygen atoms in total. The molecule has 80 valence electrons. The van der Waals surface area contributed by atoms with Crippen LogP contribution in [0.4, 0.5) is 4.39 Å². The molecule has 0 saturated carbocycles. The number of aryl methyl sites for hydroxylation is 2. The van der Waals surface area contributed by atoms with E-state index < -0.39 is 0 Å². The van der Waals surface area contributed by atoms with Crippen LogP contribution in [0.1, 0.15) is 31.2 Å². The Morgan fingerprint density at radius 2 is 2.00 bits per heavy atom. The van der Waals surface area contributed by atoms with Crippen LogP contribution in [0.2, 0.25) is 0 Å². The summed E-state index contributed by atoms with van der Waals surface area (Å²) >= 11 is 0. The van der Waals surface area contributed by atoms with Crippen LogP contribution in [0.5, 0.6) is 0 Å². The fraction of sp³-hybridized carbons (Fsp3) is 0.417. The molecule has 0 amide bonds. The van der Waals surface area contributed by atoms with Crippen molar-refractivity contribution in [3.63, 3.8) is 0 Å². The highest BCUT2D eigenvalue weighted by molar-refractivity contribution is 5.77. The highest BCUT2D eigenvalue weighted by atomic mass is 19.1. The van der Waals surface area contributed by atoms with Crippen molar-refractivity contribution in [3.05, 3.63) is 29.3 Å². The molecule has 2 aromatic rings. The summed E-state index contributed by atoms with van der Waals surface area (Å²) in [6.07, 6.45) is 0. The van der Waals surface area contributed by atoms with Gasteiger partial charge in [-0.2, -0.15) is 0 Å². The van der Waals surface area contributed by atoms with Crippen LogP contribution < -0.4 is 0 Å². The summed E-state index contributed by atoms with van der Waals surface area (Å²) < 4.78 is 15.6. The lowest BCUT2D eigenvalue weighted by Crippen LogP contribution is -1.93. The molecule has 0 aliphatic carbocycles. The summed E-state index contributed by atoms with van der Waals surface area (Å²) in [6, 6.07) is 3.60. The topological polar surface area (TPSA) is 17.8 Å². The van der Waals surface area contributed by atoms with Crippen molar-refractivity contribution >= 4 is 11.0 Å². The summed E-state index contributed by atoms with van der Waals surface area (Å²) in [6.45, 7) is 6.00. The van der Waals surface area contributed by atoms with E-state index in [1.165, 1.54) is 0 Å². The van der Waals surface area contributed by atoms with Crippen molar-refractivity contribution in [1.29, 1.82) is 0 Å². The van der Waals surface area contributed by atoms with E-state index in [0.29, 0.717) is 11.4 Å². The number of imidazole rings is 1. The molecule has 1 aromatic carbocycles. The third-order valence-electron chi connectivity index (χ3n) is 2.85. The predicted molar refractivity (Wildman–Crippen MR) is 59.5 cm³/mol. The lowest BCUT2D eigenvalue weighted by molar-refractivity contribution is 0.633. The standard InChI is InChI=1S/C12H15FN2/c1-7(2)9-5-10(13)12-11(6-9)15(4)8(3)14-12/h5-7H,1-4H3. The van der Waals surface area contributed by atoms with Gasteiger partial charge in [0.25, 0.3) is 0 Å². The van der Waals surface area contributed by atoms with Gasteiger partial charge >= 0.3 is 0 Å². The van der Waals surface area contributed by atoms with Crippen molar-refractivity contribution in [3.8, 4) is 0 Å². The van der Waals surface area contributed by atoms with Crippen LogP contribution in [0.15, 0.2) is 12.1 Å². The van der Waals surface area contributed by atoms with Gasteiger partial charge in [-0.05, 0) is 30.5 Å². The Bertz CT molecular complexity index is 512. The van der Waals surface area contributed by atoms with Gasteiger partial charge in [-0.3, -0.25) is 0 Å². The predicted octanol–water partition coefficient (Wildman–Crippen LogP) is 3.14. The number of nitrogens with zero attached hydrogens (tertiary/aromatic N) is 2. The first-order valence-corrected chi connectivity index (χ1v) is 5.13. The van der Waals surface area contributed by atoms with Crippen LogP contribution in [-0.2, 0) is 7.05 Å². The number of fused-ring (bicyclic) bond motifs is 1. The SMILES string of the molecule is Cc1nc2c(F)cc(C(C)C)cc2n1C. The third-order valence-corrected chi connectivity index (χ3v) is 2.85. The van der Waals surface area contributed by atoms with E-state index in [0.717, 1.165) is 16.9 Å². The Morgan fingerprint density at radius 1 is 1.33 bits per heavy atom. The second kappa shape index (κ2) is 3.33. The Kier molecular flexibility index (Phi) is 2.25. The molecule has 15 heavy (non-hydrogen) atoms. The quantitative estimate of drug-likeness (QED) is 0.700. The lowest BCUT2D eigenvalue weighted by atomic mass is 10.0. The van der Waals surface area contributed by atoms with Crippen LogP contribution in [0.3, 0.4) is 0 Å². The zero-order chi connectivity index (χ0) is 11.2. The minimum absolute atomic E-state index is 0.222. The van der Waals surface area contributed by atoms with Crippen LogP contribution in [0.25, 0.3) is 11.0 Å². The van der Waals surface area contributed by atoms with Crippen LogP contribution in [0, 0.1) is 12.7 Å². The number of benzene rings is 1. The molecular weight excluding hydrogens is 191 g/mol. The number of hydrogen-bond donors (Lipinski definition) is 0. The molecule has 2 rings (SSSR count). The van der Waals surface area contributed by atoms with Crippen molar-refractivity contribution < 1.29 is 4.39 Å². The van der Waals surface area contributed by atoms with E-state index >= 15 is 0 Å². The Labute approximate surface area is 88.7 Å². The molecule has 0 saturated heterocycles. The van der Waals surface area contributed by atoms with E-state index in [1.807, 2.05) is 24.6 Å². The monoisotopic (exact) mass is 206 g/mol. The van der Waals surface area contributed by atoms with E-state index in [9.17, 15) is 4.39 Å². The van der Waals surface area contributed by atoms with E-state index in [2.05, 4.69) is 18.8 Å². The maximum Gasteiger partial charge on any atom is 0.151 e. The highest BCUT2D eigenvalue weighted by Crippen LogP contribution is 2.24. The molecule has 1 aromatic heterocycles. The lowest BCUT2D eigenvalue weighted by Gasteiger charge is -2.06. The zero-order valence-electron chi connectivity index (χ0n) is 9.50. The molecule has 0 aliphatic heterocycles. The van der Waals surface area contributed by atoms with Crippen molar-refractivity contribution in [2.24, 2.45) is 7.05 Å². The first-order chi connectivity index (χ1) is 7.00. The number of rotatable bonds is 1. The molecule has 0 radical (unpaired) electrons. The Hall–Kier alpha value is -1.38. The van der Waals surface area contributed by atoms with E-state index in [1.54, 1.807) is 6.07 Å². The van der Waals surface area contributed by atoms with Crippen molar-refractivity contribution in [2.75, 3.05) is 0 Å². The number of aromatic nitrogens is 2. The van der Waals surface area contributed by atoms with Gasteiger partial charge in [0.1, 0.15) is 11.3 Å². The van der Waals surface area contributed by atoms with Gasteiger partial charge < -0.3 is 4.57 Å². The minimum atomic E-state index is -0.222. The fourth-order valence-electron chi connectivity index (χ4n) is 1.72. The molecule has 0 atom stereocenters. The molecule has 0 fully saturated rings. The van der Waals surface area contributed by atoms with Crippen LogP contribution in [-0.4, -0.2) is 9.55 Å². The van der Waals surface area contributed by atoms with Gasteiger partial charge in [-0.1, -0.05) is 13.8 Å². The van der Waals surface area contributed by atoms with E-state index in [4.69, 9.17) is 0 Å². The smallest absolute Gasteiger partial charge is 0.151 e. The fourth-order valence-corrected chi connectivity index (χ4v) is 1.72. The van der Waals surface area contributed by atoms with Gasteiger partial charge in [0.05, 0.1) is 5.52 Å². The average molecular weight is 206 g/mol. The second-order valence-electron chi connectivity index (χ2n) is 4.24. The summed E-state index contributed by atoms with van der Waals surface area (Å²) in [5.41, 5.74) is 2.36. The van der Waals surface area contributed by atoms with Crippen molar-refractivity contribution in [2.45, 2.75) is 26.7 Å². The third kappa shape index (κ3) is 1.52. The normalized spacial score (nSPS) is 11.6. The summed E-state index contributed by atoms with van der Waals surface area (Å²) in [4.78, 5) is 4.20. The summed E-state index contributed by atoms with van der Waals surface area (Å²) in [5, 5.41) is 0. The maximum atomic E-state index is 13.7. The summed E-state index contributed by atoms with van der Waals surface area (Å²) in [5.74, 6) is 0.948. The Balaban J connectivity index is 2.79. The van der Waals surface area contributed by atoms with Gasteiger partial charge in [0.2, 0.25) is 0 Å². The first kappa shape index (κ1) is 10.1. The van der Waals surface area contributed by atoms with Gasteiger partial charge in [0, 0.05) is 7.05 Å². The molecule has 0 bridgehead atoms. The second-order valence-corrected chi connectivity index (χ2v) is 4.24. The molecule has 1 heterocycles. The average Bonchev–Trinajstić information content (AvgIpc) is 2.45. The van der Waals surface area contributed by atoms with Crippen molar-refractivity contribution in [1.82, 2.24) is 9.55 Å². The molecular formula is C12H15FN2. The van der Waals surface area contributed by atoms with Gasteiger partial charge in [-0.25, -0.2) is 9.37 Å². The molecule has 0 N–H and O–H groups in total. The van der Waals surface area contributed by atoms with Gasteiger partial charge in [-0.15, -0.1) is 0 Å².